The van der Waals surface area contributed by atoms with Crippen LogP contribution in [0.15, 0.2) is 91.0 Å². The van der Waals surface area contributed by atoms with Crippen molar-refractivity contribution >= 4 is 66.5 Å². The van der Waals surface area contributed by atoms with Gasteiger partial charge in [-0.2, -0.15) is 0 Å². The molecule has 0 N–H and O–H groups in total. The number of halogens is 1. The summed E-state index contributed by atoms with van der Waals surface area (Å²) in [6, 6.07) is 32.6. The second-order valence-corrected chi connectivity index (χ2v) is 7.80. The van der Waals surface area contributed by atoms with E-state index in [0.29, 0.717) is 0 Å². The van der Waals surface area contributed by atoms with Crippen molar-refractivity contribution < 1.29 is 0 Å². The molecule has 0 fully saturated rings. The largest absolute Gasteiger partial charge is 0.309 e. The van der Waals surface area contributed by atoms with E-state index < -0.39 is 0 Å². The van der Waals surface area contributed by atoms with Crippen LogP contribution < -0.4 is 0 Å². The Labute approximate surface area is 170 Å². The number of rotatable bonds is 1. The molecule has 0 spiro atoms. The first-order valence-electron chi connectivity index (χ1n) is 9.01. The lowest BCUT2D eigenvalue weighted by Gasteiger charge is -2.10. The maximum absolute atomic E-state index is 2.41. The van der Waals surface area contributed by atoms with Crippen LogP contribution in [0, 0.1) is 0 Å². The standard InChI is InChI=1S/C24H15IN2/c25-27-21-13-6-3-10-18(21)24-22(14-7-15-23(24)27)26-19-11-4-1-8-16(19)17-9-2-5-12-20(17)26/h1-15H. The second-order valence-electron chi connectivity index (χ2n) is 6.84. The van der Waals surface area contributed by atoms with Crippen molar-refractivity contribution in [3.8, 4) is 5.69 Å². The lowest BCUT2D eigenvalue weighted by molar-refractivity contribution is 1.20. The van der Waals surface area contributed by atoms with Crippen molar-refractivity contribution in [3.63, 3.8) is 0 Å². The summed E-state index contributed by atoms with van der Waals surface area (Å²) in [5.74, 6) is 0. The van der Waals surface area contributed by atoms with Crippen molar-refractivity contribution in [1.82, 2.24) is 7.35 Å². The van der Waals surface area contributed by atoms with Crippen LogP contribution in [0.3, 0.4) is 0 Å². The molecular formula is C24H15IN2. The predicted octanol–water partition coefficient (Wildman–Crippen LogP) is 7.09. The summed E-state index contributed by atoms with van der Waals surface area (Å²) in [5, 5.41) is 5.18. The molecule has 0 atom stereocenters. The average molecular weight is 458 g/mol. The summed E-state index contributed by atoms with van der Waals surface area (Å²) in [5.41, 5.74) is 6.22. The molecule has 4 aromatic carbocycles. The van der Waals surface area contributed by atoms with Gasteiger partial charge < -0.3 is 4.57 Å². The fraction of sp³-hybridized carbons (Fsp3) is 0. The van der Waals surface area contributed by atoms with Crippen LogP contribution in [0.2, 0.25) is 0 Å². The number of benzene rings is 4. The summed E-state index contributed by atoms with van der Waals surface area (Å²) in [7, 11) is 0. The highest BCUT2D eigenvalue weighted by molar-refractivity contribution is 14.1. The van der Waals surface area contributed by atoms with E-state index in [1.54, 1.807) is 0 Å². The molecule has 2 heterocycles. The van der Waals surface area contributed by atoms with E-state index in [-0.39, 0.29) is 0 Å². The highest BCUT2D eigenvalue weighted by Crippen LogP contribution is 2.38. The number of hydrogen-bond acceptors (Lipinski definition) is 0. The molecule has 128 valence electrons. The van der Waals surface area contributed by atoms with Gasteiger partial charge in [0.05, 0.1) is 50.6 Å². The van der Waals surface area contributed by atoms with Crippen molar-refractivity contribution in [2.75, 3.05) is 0 Å². The molecule has 6 rings (SSSR count). The highest BCUT2D eigenvalue weighted by Gasteiger charge is 2.17. The minimum Gasteiger partial charge on any atom is -0.309 e. The summed E-state index contributed by atoms with van der Waals surface area (Å²) in [6.07, 6.45) is 0. The van der Waals surface area contributed by atoms with Crippen molar-refractivity contribution in [3.05, 3.63) is 91.0 Å². The lowest BCUT2D eigenvalue weighted by Crippen LogP contribution is -1.94. The molecule has 3 heteroatoms. The van der Waals surface area contributed by atoms with E-state index in [0.717, 1.165) is 0 Å². The van der Waals surface area contributed by atoms with E-state index in [1.165, 1.54) is 49.3 Å². The fourth-order valence-electron chi connectivity index (χ4n) is 4.32. The molecule has 0 saturated carbocycles. The normalized spacial score (nSPS) is 11.9. The van der Waals surface area contributed by atoms with Crippen LogP contribution in [-0.2, 0) is 0 Å². The molecule has 2 nitrogen and oxygen atoms in total. The van der Waals surface area contributed by atoms with E-state index in [4.69, 9.17) is 0 Å². The molecule has 0 aliphatic heterocycles. The molecule has 0 unspecified atom stereocenters. The Balaban J connectivity index is 1.88. The van der Waals surface area contributed by atoms with Crippen molar-refractivity contribution in [2.24, 2.45) is 0 Å². The third-order valence-corrected chi connectivity index (χ3v) is 6.48. The zero-order valence-electron chi connectivity index (χ0n) is 14.4. The van der Waals surface area contributed by atoms with Crippen LogP contribution in [0.25, 0.3) is 49.3 Å². The quantitative estimate of drug-likeness (QED) is 0.233. The zero-order chi connectivity index (χ0) is 18.0. The van der Waals surface area contributed by atoms with Gasteiger partial charge in [-0.1, -0.05) is 60.7 Å². The van der Waals surface area contributed by atoms with Gasteiger partial charge in [0.1, 0.15) is 0 Å². The van der Waals surface area contributed by atoms with Crippen molar-refractivity contribution in [2.45, 2.75) is 0 Å². The summed E-state index contributed by atoms with van der Waals surface area (Å²) >= 11 is 2.41. The van der Waals surface area contributed by atoms with Gasteiger partial charge in [0.15, 0.2) is 0 Å². The van der Waals surface area contributed by atoms with Crippen LogP contribution in [0.5, 0.6) is 0 Å². The Bertz CT molecular complexity index is 1430. The minimum absolute atomic E-state index is 1.23. The topological polar surface area (TPSA) is 9.86 Å². The van der Waals surface area contributed by atoms with Gasteiger partial charge in [0, 0.05) is 21.5 Å². The summed E-state index contributed by atoms with van der Waals surface area (Å²) < 4.78 is 4.68. The van der Waals surface area contributed by atoms with Gasteiger partial charge in [-0.05, 0) is 30.3 Å². The molecule has 2 aromatic heterocycles. The monoisotopic (exact) mass is 458 g/mol. The summed E-state index contributed by atoms with van der Waals surface area (Å²) in [4.78, 5) is 0. The van der Waals surface area contributed by atoms with E-state index in [2.05, 4.69) is 121 Å². The molecule has 0 radical (unpaired) electrons. The van der Waals surface area contributed by atoms with Crippen molar-refractivity contribution in [1.29, 1.82) is 0 Å². The first-order valence-corrected chi connectivity index (χ1v) is 9.98. The van der Waals surface area contributed by atoms with Gasteiger partial charge >= 0.3 is 0 Å². The van der Waals surface area contributed by atoms with Gasteiger partial charge in [0.25, 0.3) is 0 Å². The van der Waals surface area contributed by atoms with Gasteiger partial charge in [0.2, 0.25) is 0 Å². The summed E-state index contributed by atoms with van der Waals surface area (Å²) in [6.45, 7) is 0. The van der Waals surface area contributed by atoms with Gasteiger partial charge in [-0.3, -0.25) is 2.78 Å². The Morgan fingerprint density at radius 1 is 0.481 bits per heavy atom. The molecule has 0 aliphatic rings. The Kier molecular flexibility index (Phi) is 3.17. The Hall–Kier alpha value is -2.79. The number of fused-ring (bicyclic) bond motifs is 6. The van der Waals surface area contributed by atoms with Gasteiger partial charge in [-0.15, -0.1) is 0 Å². The average Bonchev–Trinajstić information content (AvgIpc) is 3.22. The molecular weight excluding hydrogens is 443 g/mol. The predicted molar refractivity (Wildman–Crippen MR) is 123 cm³/mol. The smallest absolute Gasteiger partial charge is 0.0646 e. The maximum Gasteiger partial charge on any atom is 0.0646 e. The van der Waals surface area contributed by atoms with Crippen LogP contribution in [0.4, 0.5) is 0 Å². The SMILES string of the molecule is In1c2ccccc2c2c(-n3c4ccccc4c4ccccc43)cccc21. The Morgan fingerprint density at radius 2 is 1.00 bits per heavy atom. The molecule has 27 heavy (non-hydrogen) atoms. The molecule has 0 bridgehead atoms. The third kappa shape index (κ3) is 2.00. The van der Waals surface area contributed by atoms with E-state index >= 15 is 0 Å². The maximum atomic E-state index is 2.41. The number of para-hydroxylation sites is 3. The van der Waals surface area contributed by atoms with E-state index in [9.17, 15) is 0 Å². The first kappa shape index (κ1) is 15.3. The third-order valence-electron chi connectivity index (χ3n) is 5.44. The Morgan fingerprint density at radius 3 is 1.67 bits per heavy atom. The molecule has 0 saturated heterocycles. The number of nitrogens with zero attached hydrogens (tertiary/aromatic N) is 2. The molecule has 0 amide bonds. The number of hydrogen-bond donors (Lipinski definition) is 0. The number of aromatic nitrogens is 2. The van der Waals surface area contributed by atoms with Crippen LogP contribution in [0.1, 0.15) is 0 Å². The second kappa shape index (κ2) is 5.60. The zero-order valence-corrected chi connectivity index (χ0v) is 16.6. The first-order chi connectivity index (χ1) is 13.3. The van der Waals surface area contributed by atoms with Gasteiger partial charge in [-0.25, -0.2) is 0 Å². The van der Waals surface area contributed by atoms with Crippen LogP contribution in [-0.4, -0.2) is 7.35 Å². The van der Waals surface area contributed by atoms with Crippen LogP contribution >= 0.6 is 22.9 Å². The van der Waals surface area contributed by atoms with E-state index in [1.807, 2.05) is 0 Å². The highest BCUT2D eigenvalue weighted by atomic mass is 127. The minimum atomic E-state index is 1.23. The molecule has 6 aromatic rings. The molecule has 0 aliphatic carbocycles. The lowest BCUT2D eigenvalue weighted by atomic mass is 10.1. The fourth-order valence-corrected chi connectivity index (χ4v) is 5.14.